The zero-order valence-corrected chi connectivity index (χ0v) is 8.00. The molecular formula is C9H6FN4O2-. The highest BCUT2D eigenvalue weighted by molar-refractivity contribution is 5.65. The minimum atomic E-state index is -1.31. The topological polar surface area (TPSA) is 83.7 Å². The van der Waals surface area contributed by atoms with Crippen molar-refractivity contribution in [2.75, 3.05) is 0 Å². The highest BCUT2D eigenvalue weighted by Crippen LogP contribution is 2.16. The molecule has 0 saturated carbocycles. The number of nitrogens with zero attached hydrogens (tertiary/aromatic N) is 4. The van der Waals surface area contributed by atoms with Gasteiger partial charge in [-0.25, -0.2) is 9.07 Å². The maximum absolute atomic E-state index is 12.9. The summed E-state index contributed by atoms with van der Waals surface area (Å²) in [5, 5.41) is 20.8. The van der Waals surface area contributed by atoms with Crippen molar-refractivity contribution in [3.8, 4) is 11.4 Å². The second-order valence-electron chi connectivity index (χ2n) is 3.04. The van der Waals surface area contributed by atoms with Gasteiger partial charge in [-0.2, -0.15) is 0 Å². The highest BCUT2D eigenvalue weighted by atomic mass is 19.1. The van der Waals surface area contributed by atoms with Gasteiger partial charge in [-0.3, -0.25) is 0 Å². The molecule has 0 aliphatic carbocycles. The Morgan fingerprint density at radius 2 is 2.31 bits per heavy atom. The maximum atomic E-state index is 12.9. The van der Waals surface area contributed by atoms with E-state index in [-0.39, 0.29) is 5.82 Å². The Kier molecular flexibility index (Phi) is 2.59. The summed E-state index contributed by atoms with van der Waals surface area (Å²) in [4.78, 5) is 10.4. The van der Waals surface area contributed by atoms with Crippen LogP contribution in [0.4, 0.5) is 4.39 Å². The molecule has 2 aromatic rings. The molecular weight excluding hydrogens is 215 g/mol. The van der Waals surface area contributed by atoms with Crippen LogP contribution in [0.15, 0.2) is 24.3 Å². The predicted molar refractivity (Wildman–Crippen MR) is 48.2 cm³/mol. The van der Waals surface area contributed by atoms with Crippen molar-refractivity contribution in [1.82, 2.24) is 20.2 Å². The van der Waals surface area contributed by atoms with Crippen molar-refractivity contribution in [2.24, 2.45) is 0 Å². The summed E-state index contributed by atoms with van der Waals surface area (Å²) in [6.07, 6.45) is 0. The van der Waals surface area contributed by atoms with Gasteiger partial charge in [0.25, 0.3) is 0 Å². The first-order chi connectivity index (χ1) is 7.66. The molecule has 0 radical (unpaired) electrons. The lowest BCUT2D eigenvalue weighted by Crippen LogP contribution is -2.28. The zero-order valence-electron chi connectivity index (χ0n) is 8.00. The largest absolute Gasteiger partial charge is 0.548 e. The number of halogens is 1. The van der Waals surface area contributed by atoms with E-state index in [1.54, 1.807) is 6.07 Å². The van der Waals surface area contributed by atoms with Gasteiger partial charge in [0.1, 0.15) is 5.82 Å². The van der Waals surface area contributed by atoms with Crippen molar-refractivity contribution in [1.29, 1.82) is 0 Å². The van der Waals surface area contributed by atoms with Crippen molar-refractivity contribution in [2.45, 2.75) is 6.54 Å². The van der Waals surface area contributed by atoms with E-state index >= 15 is 0 Å². The van der Waals surface area contributed by atoms with Crippen LogP contribution in [0.2, 0.25) is 0 Å². The number of carbonyl (C=O) groups excluding carboxylic acids is 1. The summed E-state index contributed by atoms with van der Waals surface area (Å²) < 4.78 is 14.0. The van der Waals surface area contributed by atoms with Gasteiger partial charge in [0.15, 0.2) is 5.82 Å². The van der Waals surface area contributed by atoms with Crippen molar-refractivity contribution in [3.63, 3.8) is 0 Å². The Balaban J connectivity index is 2.40. The number of tetrazole rings is 1. The molecule has 2 rings (SSSR count). The number of rotatable bonds is 3. The molecule has 1 aromatic heterocycles. The average Bonchev–Trinajstić information content (AvgIpc) is 2.65. The Labute approximate surface area is 89.3 Å². The number of hydrogen-bond acceptors (Lipinski definition) is 5. The molecule has 0 unspecified atom stereocenters. The fraction of sp³-hybridized carbons (Fsp3) is 0.111. The molecule has 1 aromatic carbocycles. The van der Waals surface area contributed by atoms with Crippen LogP contribution in [0.5, 0.6) is 0 Å². The summed E-state index contributed by atoms with van der Waals surface area (Å²) in [5.41, 5.74) is 0.409. The van der Waals surface area contributed by atoms with Crippen LogP contribution >= 0.6 is 0 Å². The van der Waals surface area contributed by atoms with Gasteiger partial charge in [0, 0.05) is 5.56 Å². The van der Waals surface area contributed by atoms with Gasteiger partial charge in [-0.05, 0) is 22.6 Å². The second kappa shape index (κ2) is 4.05. The Bertz CT molecular complexity index is 526. The number of benzene rings is 1. The van der Waals surface area contributed by atoms with E-state index in [0.29, 0.717) is 5.56 Å². The fourth-order valence-electron chi connectivity index (χ4n) is 1.27. The van der Waals surface area contributed by atoms with Gasteiger partial charge in [0.05, 0.1) is 12.5 Å². The van der Waals surface area contributed by atoms with E-state index in [0.717, 1.165) is 4.68 Å². The van der Waals surface area contributed by atoms with E-state index in [1.165, 1.54) is 18.2 Å². The number of carboxylic acids is 1. The second-order valence-corrected chi connectivity index (χ2v) is 3.04. The van der Waals surface area contributed by atoms with Crippen LogP contribution in [-0.4, -0.2) is 26.2 Å². The number of aliphatic carboxylic acids is 1. The summed E-state index contributed by atoms with van der Waals surface area (Å²) >= 11 is 0. The number of hydrogen-bond donors (Lipinski definition) is 0. The van der Waals surface area contributed by atoms with Crippen LogP contribution in [-0.2, 0) is 11.3 Å². The summed E-state index contributed by atoms with van der Waals surface area (Å²) in [5.74, 6) is -1.57. The molecule has 82 valence electrons. The number of carbonyl (C=O) groups is 1. The lowest BCUT2D eigenvalue weighted by molar-refractivity contribution is -0.306. The minimum Gasteiger partial charge on any atom is -0.548 e. The standard InChI is InChI=1S/C9H7FN4O2/c10-7-3-1-2-6(4-7)9-11-12-13-14(9)5-8(15)16/h1-4H,5H2,(H,15,16)/p-1. The van der Waals surface area contributed by atoms with Gasteiger partial charge in [-0.15, -0.1) is 5.10 Å². The smallest absolute Gasteiger partial charge is 0.182 e. The molecule has 0 saturated heterocycles. The van der Waals surface area contributed by atoms with Gasteiger partial charge < -0.3 is 9.90 Å². The van der Waals surface area contributed by atoms with E-state index in [2.05, 4.69) is 15.5 Å². The SMILES string of the molecule is O=C([O-])Cn1nnnc1-c1cccc(F)c1. The molecule has 0 N–H and O–H groups in total. The first-order valence-electron chi connectivity index (χ1n) is 4.39. The zero-order chi connectivity index (χ0) is 11.5. The molecule has 6 nitrogen and oxygen atoms in total. The van der Waals surface area contributed by atoms with Crippen LogP contribution in [0.1, 0.15) is 0 Å². The maximum Gasteiger partial charge on any atom is 0.182 e. The predicted octanol–water partition coefficient (Wildman–Crippen LogP) is -0.771. The molecule has 16 heavy (non-hydrogen) atoms. The lowest BCUT2D eigenvalue weighted by Gasteiger charge is -2.04. The monoisotopic (exact) mass is 221 g/mol. The molecule has 0 aliphatic rings. The molecule has 0 bridgehead atoms. The first-order valence-corrected chi connectivity index (χ1v) is 4.39. The summed E-state index contributed by atoms with van der Waals surface area (Å²) in [7, 11) is 0. The Morgan fingerprint density at radius 1 is 1.50 bits per heavy atom. The summed E-state index contributed by atoms with van der Waals surface area (Å²) in [6.45, 7) is -0.473. The van der Waals surface area contributed by atoms with E-state index < -0.39 is 18.3 Å². The Morgan fingerprint density at radius 3 is 3.00 bits per heavy atom. The van der Waals surface area contributed by atoms with Gasteiger partial charge >= 0.3 is 0 Å². The number of aromatic nitrogens is 4. The van der Waals surface area contributed by atoms with Crippen LogP contribution in [0.3, 0.4) is 0 Å². The first kappa shape index (κ1) is 10.2. The van der Waals surface area contributed by atoms with Gasteiger partial charge in [-0.1, -0.05) is 12.1 Å². The highest BCUT2D eigenvalue weighted by Gasteiger charge is 2.09. The van der Waals surface area contributed by atoms with Crippen LogP contribution in [0.25, 0.3) is 11.4 Å². The Hall–Kier alpha value is -2.31. The molecule has 0 fully saturated rings. The van der Waals surface area contributed by atoms with Gasteiger partial charge in [0.2, 0.25) is 0 Å². The normalized spacial score (nSPS) is 10.3. The third-order valence-corrected chi connectivity index (χ3v) is 1.89. The molecule has 0 spiro atoms. The third-order valence-electron chi connectivity index (χ3n) is 1.89. The average molecular weight is 221 g/mol. The molecule has 1 heterocycles. The molecule has 0 aliphatic heterocycles. The molecule has 0 amide bonds. The number of carboxylic acid groups (broad SMARTS) is 1. The molecule has 7 heteroatoms. The van der Waals surface area contributed by atoms with Crippen molar-refractivity contribution in [3.05, 3.63) is 30.1 Å². The van der Waals surface area contributed by atoms with E-state index in [4.69, 9.17) is 0 Å². The summed E-state index contributed by atoms with van der Waals surface area (Å²) in [6, 6.07) is 5.57. The lowest BCUT2D eigenvalue weighted by atomic mass is 10.2. The van der Waals surface area contributed by atoms with Crippen LogP contribution < -0.4 is 5.11 Å². The third kappa shape index (κ3) is 2.02. The van der Waals surface area contributed by atoms with Crippen molar-refractivity contribution < 1.29 is 14.3 Å². The van der Waals surface area contributed by atoms with E-state index in [1.807, 2.05) is 0 Å². The molecule has 0 atom stereocenters. The van der Waals surface area contributed by atoms with Crippen molar-refractivity contribution >= 4 is 5.97 Å². The quantitative estimate of drug-likeness (QED) is 0.679. The van der Waals surface area contributed by atoms with Crippen LogP contribution in [0, 0.1) is 5.82 Å². The van der Waals surface area contributed by atoms with E-state index in [9.17, 15) is 14.3 Å². The minimum absolute atomic E-state index is 0.184. The fourth-order valence-corrected chi connectivity index (χ4v) is 1.27.